The summed E-state index contributed by atoms with van der Waals surface area (Å²) in [6, 6.07) is 6.66. The fourth-order valence-corrected chi connectivity index (χ4v) is 5.11. The summed E-state index contributed by atoms with van der Waals surface area (Å²) >= 11 is 6.96. The molecule has 2 aromatic heterocycles. The summed E-state index contributed by atoms with van der Waals surface area (Å²) < 4.78 is 55.9. The summed E-state index contributed by atoms with van der Waals surface area (Å²) in [7, 11) is 0. The first kappa shape index (κ1) is 27.0. The Bertz CT molecular complexity index is 1250. The van der Waals surface area contributed by atoms with E-state index in [0.717, 1.165) is 22.7 Å². The number of hydrogen-bond acceptors (Lipinski definition) is 5. The van der Waals surface area contributed by atoms with E-state index in [1.807, 2.05) is 0 Å². The van der Waals surface area contributed by atoms with Crippen LogP contribution in [0.4, 0.5) is 23.2 Å². The van der Waals surface area contributed by atoms with Gasteiger partial charge < -0.3 is 5.32 Å². The topological polar surface area (TPSA) is 75.2 Å². The number of carbonyl (C=O) groups excluding carboxylic acids is 2. The maximum absolute atomic E-state index is 14.3. The maximum Gasteiger partial charge on any atom is 0.278 e. The van der Waals surface area contributed by atoms with Crippen molar-refractivity contribution in [2.75, 3.05) is 4.90 Å². The van der Waals surface area contributed by atoms with E-state index in [2.05, 4.69) is 15.3 Å². The van der Waals surface area contributed by atoms with Crippen LogP contribution in [-0.4, -0.2) is 39.4 Å². The van der Waals surface area contributed by atoms with Crippen molar-refractivity contribution in [3.05, 3.63) is 65.7 Å². The largest absolute Gasteiger partial charge is 0.351 e. The summed E-state index contributed by atoms with van der Waals surface area (Å²) in [4.78, 5) is 35.8. The molecule has 1 aliphatic rings. The molecular formula is C25H23ClF4N4O2S. The van der Waals surface area contributed by atoms with Crippen LogP contribution in [0.15, 0.2) is 54.3 Å². The number of aromatic nitrogens is 2. The van der Waals surface area contributed by atoms with E-state index < -0.39 is 53.6 Å². The van der Waals surface area contributed by atoms with Gasteiger partial charge in [-0.25, -0.2) is 22.5 Å². The minimum atomic E-state index is -2.82. The number of nitrogens with one attached hydrogen (secondary N) is 1. The lowest BCUT2D eigenvalue weighted by atomic mass is 9.87. The predicted molar refractivity (Wildman–Crippen MR) is 133 cm³/mol. The molecular weight excluding hydrogens is 532 g/mol. The average Bonchev–Trinajstić information content (AvgIpc) is 3.40. The Morgan fingerprint density at radius 1 is 1.22 bits per heavy atom. The van der Waals surface area contributed by atoms with E-state index in [4.69, 9.17) is 11.6 Å². The molecule has 0 saturated heterocycles. The van der Waals surface area contributed by atoms with Crippen molar-refractivity contribution in [1.29, 1.82) is 0 Å². The SMILES string of the molecule is C[C@](C(=O)NC1CCC(F)(F)CC1)(c1cncc(F)c1)N(C(=O)[C@H](F)Cl)c1ccc(-c2nccs2)cc1. The molecule has 196 valence electrons. The summed E-state index contributed by atoms with van der Waals surface area (Å²) in [5, 5.41) is 5.20. The first-order valence-corrected chi connectivity index (χ1v) is 12.7. The second-order valence-corrected chi connectivity index (χ2v) is 10.2. The Kier molecular flexibility index (Phi) is 7.84. The Morgan fingerprint density at radius 3 is 2.46 bits per heavy atom. The Labute approximate surface area is 219 Å². The number of hydrogen-bond donors (Lipinski definition) is 1. The second-order valence-electron chi connectivity index (χ2n) is 8.93. The number of anilines is 1. The third-order valence-corrected chi connectivity index (χ3v) is 7.43. The van der Waals surface area contributed by atoms with Gasteiger partial charge in [-0.1, -0.05) is 11.6 Å². The van der Waals surface area contributed by atoms with Crippen LogP contribution in [0.5, 0.6) is 0 Å². The molecule has 2 heterocycles. The molecule has 1 aromatic carbocycles. The molecule has 1 aliphatic carbocycles. The summed E-state index contributed by atoms with van der Waals surface area (Å²) in [5.41, 5.74) is -3.80. The molecule has 0 aliphatic heterocycles. The number of benzene rings is 1. The van der Waals surface area contributed by atoms with Gasteiger partial charge in [-0.05, 0) is 50.1 Å². The minimum absolute atomic E-state index is 0.00786. The highest BCUT2D eigenvalue weighted by atomic mass is 35.5. The van der Waals surface area contributed by atoms with E-state index in [9.17, 15) is 27.2 Å². The van der Waals surface area contributed by atoms with Crippen molar-refractivity contribution in [2.45, 2.75) is 55.7 Å². The van der Waals surface area contributed by atoms with Crippen LogP contribution in [-0.2, 0) is 15.1 Å². The van der Waals surface area contributed by atoms with Gasteiger partial charge in [0, 0.05) is 53.5 Å². The molecule has 0 spiro atoms. The maximum atomic E-state index is 14.3. The molecule has 0 unspecified atom stereocenters. The lowest BCUT2D eigenvalue weighted by molar-refractivity contribution is -0.132. The summed E-state index contributed by atoms with van der Waals surface area (Å²) in [5.74, 6) is -5.69. The molecule has 0 bridgehead atoms. The zero-order chi connectivity index (χ0) is 26.8. The molecule has 6 nitrogen and oxygen atoms in total. The monoisotopic (exact) mass is 554 g/mol. The van der Waals surface area contributed by atoms with Crippen LogP contribution < -0.4 is 10.2 Å². The number of nitrogens with zero attached hydrogens (tertiary/aromatic N) is 3. The number of rotatable bonds is 7. The van der Waals surface area contributed by atoms with E-state index >= 15 is 0 Å². The zero-order valence-corrected chi connectivity index (χ0v) is 21.2. The third-order valence-electron chi connectivity index (χ3n) is 6.42. The van der Waals surface area contributed by atoms with Crippen molar-refractivity contribution in [1.82, 2.24) is 15.3 Å². The number of pyridine rings is 1. The van der Waals surface area contributed by atoms with E-state index in [1.54, 1.807) is 23.7 Å². The zero-order valence-electron chi connectivity index (χ0n) is 19.6. The molecule has 2 amide bonds. The lowest BCUT2D eigenvalue weighted by Crippen LogP contribution is -2.60. The summed E-state index contributed by atoms with van der Waals surface area (Å²) in [6.45, 7) is 1.31. The van der Waals surface area contributed by atoms with Crippen LogP contribution in [0.25, 0.3) is 10.6 Å². The van der Waals surface area contributed by atoms with Gasteiger partial charge in [0.05, 0.1) is 6.20 Å². The van der Waals surface area contributed by atoms with Gasteiger partial charge in [-0.15, -0.1) is 11.3 Å². The molecule has 1 fully saturated rings. The summed E-state index contributed by atoms with van der Waals surface area (Å²) in [6.07, 6.45) is 2.92. The molecule has 0 radical (unpaired) electrons. The van der Waals surface area contributed by atoms with E-state index in [-0.39, 0.29) is 24.1 Å². The Morgan fingerprint density at radius 2 is 1.89 bits per heavy atom. The highest BCUT2D eigenvalue weighted by molar-refractivity contribution is 7.13. The number of carbonyl (C=O) groups is 2. The molecule has 4 rings (SSSR count). The average molecular weight is 555 g/mol. The minimum Gasteiger partial charge on any atom is -0.351 e. The fraction of sp³-hybridized carbons (Fsp3) is 0.360. The van der Waals surface area contributed by atoms with Gasteiger partial charge >= 0.3 is 0 Å². The van der Waals surface area contributed by atoms with Crippen molar-refractivity contribution < 1.29 is 27.2 Å². The van der Waals surface area contributed by atoms with Gasteiger partial charge in [0.15, 0.2) is 5.54 Å². The van der Waals surface area contributed by atoms with Gasteiger partial charge in [0.1, 0.15) is 10.8 Å². The molecule has 1 N–H and O–H groups in total. The van der Waals surface area contributed by atoms with Crippen LogP contribution in [0.3, 0.4) is 0 Å². The van der Waals surface area contributed by atoms with Crippen LogP contribution in [0.1, 0.15) is 38.2 Å². The van der Waals surface area contributed by atoms with Crippen LogP contribution in [0, 0.1) is 5.82 Å². The number of amides is 2. The van der Waals surface area contributed by atoms with E-state index in [1.165, 1.54) is 36.6 Å². The van der Waals surface area contributed by atoms with Gasteiger partial charge in [-0.2, -0.15) is 0 Å². The van der Waals surface area contributed by atoms with Crippen LogP contribution >= 0.6 is 22.9 Å². The molecule has 12 heteroatoms. The first-order chi connectivity index (χ1) is 17.5. The van der Waals surface area contributed by atoms with Crippen LogP contribution in [0.2, 0.25) is 0 Å². The number of thiazole rings is 1. The van der Waals surface area contributed by atoms with Gasteiger partial charge in [0.2, 0.25) is 5.92 Å². The van der Waals surface area contributed by atoms with Crippen molar-refractivity contribution >= 4 is 40.4 Å². The third kappa shape index (κ3) is 5.77. The number of alkyl halides is 4. The highest BCUT2D eigenvalue weighted by Crippen LogP contribution is 2.38. The molecule has 3 aromatic rings. The van der Waals surface area contributed by atoms with Gasteiger partial charge in [0.25, 0.3) is 17.4 Å². The first-order valence-electron chi connectivity index (χ1n) is 11.4. The molecule has 1 saturated carbocycles. The normalized spacial score (nSPS) is 18.0. The van der Waals surface area contributed by atoms with E-state index in [0.29, 0.717) is 5.01 Å². The van der Waals surface area contributed by atoms with Crippen molar-refractivity contribution in [3.8, 4) is 10.6 Å². The second kappa shape index (κ2) is 10.7. The lowest BCUT2D eigenvalue weighted by Gasteiger charge is -2.41. The Hall–Kier alpha value is -3.05. The van der Waals surface area contributed by atoms with Gasteiger partial charge in [-0.3, -0.25) is 19.5 Å². The number of halogens is 5. The van der Waals surface area contributed by atoms with Crippen molar-refractivity contribution in [3.63, 3.8) is 0 Å². The molecule has 2 atom stereocenters. The predicted octanol–water partition coefficient (Wildman–Crippen LogP) is 5.82. The van der Waals surface area contributed by atoms with Crippen molar-refractivity contribution in [2.24, 2.45) is 0 Å². The quantitative estimate of drug-likeness (QED) is 0.295. The fourth-order valence-electron chi connectivity index (χ4n) is 4.37. The molecule has 37 heavy (non-hydrogen) atoms. The Balaban J connectivity index is 1.78. The highest BCUT2D eigenvalue weighted by Gasteiger charge is 2.48. The standard InChI is InChI=1S/C25H23ClF4N4O2S/c1-24(16-12-17(27)14-31-13-16,23(36)33-18-6-8-25(29,30)9-7-18)34(22(35)20(26)28)19-4-2-15(3-5-19)21-32-10-11-37-21/h2-5,10-14,18,20H,6-9H2,1H3,(H,33,36)/t20-,24+/m0/s1. The smallest absolute Gasteiger partial charge is 0.278 e.